The van der Waals surface area contributed by atoms with Crippen LogP contribution >= 0.6 is 22.9 Å². The first-order valence-electron chi connectivity index (χ1n) is 7.84. The topological polar surface area (TPSA) is 66.5 Å². The van der Waals surface area contributed by atoms with Crippen LogP contribution in [0.15, 0.2) is 40.6 Å². The number of sulfonamides is 1. The van der Waals surface area contributed by atoms with E-state index in [0.717, 1.165) is 39.9 Å². The maximum absolute atomic E-state index is 12.7. The van der Waals surface area contributed by atoms with Crippen LogP contribution in [0.5, 0.6) is 0 Å². The summed E-state index contributed by atoms with van der Waals surface area (Å²) in [5.74, 6) is -0.585. The summed E-state index contributed by atoms with van der Waals surface area (Å²) in [5.41, 5.74) is -0.670. The molecule has 1 aliphatic rings. The fourth-order valence-corrected chi connectivity index (χ4v) is 6.08. The van der Waals surface area contributed by atoms with Gasteiger partial charge in [0.1, 0.15) is 10.3 Å². The summed E-state index contributed by atoms with van der Waals surface area (Å²) in [6.07, 6.45) is -3.64. The van der Waals surface area contributed by atoms with Crippen molar-refractivity contribution in [3.05, 3.63) is 46.3 Å². The third-order valence-corrected chi connectivity index (χ3v) is 7.70. The van der Waals surface area contributed by atoms with E-state index in [0.29, 0.717) is 17.2 Å². The van der Waals surface area contributed by atoms with Gasteiger partial charge in [0, 0.05) is 12.2 Å². The summed E-state index contributed by atoms with van der Waals surface area (Å²) in [6.45, 7) is 0.183. The van der Waals surface area contributed by atoms with E-state index in [9.17, 15) is 26.4 Å². The number of carbonyl (C=O) groups is 1. The van der Waals surface area contributed by atoms with Gasteiger partial charge < -0.3 is 5.32 Å². The minimum Gasteiger partial charge on any atom is -0.325 e. The second-order valence-electron chi connectivity index (χ2n) is 5.90. The van der Waals surface area contributed by atoms with Crippen molar-refractivity contribution in [1.29, 1.82) is 0 Å². The molecule has 1 saturated heterocycles. The Balaban J connectivity index is 1.76. The van der Waals surface area contributed by atoms with Crippen LogP contribution in [0.3, 0.4) is 0 Å². The molecule has 0 spiro atoms. The maximum atomic E-state index is 12.7. The van der Waals surface area contributed by atoms with E-state index in [1.165, 1.54) is 12.1 Å². The lowest BCUT2D eigenvalue weighted by atomic mass is 10.2. The lowest BCUT2D eigenvalue weighted by Gasteiger charge is -2.22. The molecule has 1 aliphatic heterocycles. The fourth-order valence-electron chi connectivity index (χ4n) is 2.81. The van der Waals surface area contributed by atoms with Crippen molar-refractivity contribution in [3.8, 4) is 0 Å². The highest BCUT2D eigenvalue weighted by Gasteiger charge is 2.40. The zero-order chi connectivity index (χ0) is 19.8. The summed E-state index contributed by atoms with van der Waals surface area (Å²) in [7, 11) is -3.87. The van der Waals surface area contributed by atoms with E-state index < -0.39 is 33.7 Å². The van der Waals surface area contributed by atoms with Gasteiger partial charge in [0.05, 0.1) is 9.90 Å². The summed E-state index contributed by atoms with van der Waals surface area (Å²) < 4.78 is 64.8. The van der Waals surface area contributed by atoms with E-state index in [1.54, 1.807) is 0 Å². The Kier molecular flexibility index (Phi) is 5.53. The number of carbonyl (C=O) groups excluding carboxylic acids is 1. The highest BCUT2D eigenvalue weighted by atomic mass is 35.5. The van der Waals surface area contributed by atoms with Crippen LogP contribution in [0.1, 0.15) is 18.4 Å². The number of rotatable bonds is 4. The molecule has 2 heterocycles. The molecule has 5 nitrogen and oxygen atoms in total. The number of anilines is 1. The number of alkyl halides is 3. The molecular formula is C16H14ClF3N2O3S2. The van der Waals surface area contributed by atoms with E-state index in [2.05, 4.69) is 5.32 Å². The van der Waals surface area contributed by atoms with Crippen LogP contribution in [0.25, 0.3) is 0 Å². The Labute approximate surface area is 162 Å². The molecule has 146 valence electrons. The lowest BCUT2D eigenvalue weighted by molar-refractivity contribution is -0.137. The predicted molar refractivity (Wildman–Crippen MR) is 96.3 cm³/mol. The summed E-state index contributed by atoms with van der Waals surface area (Å²) in [4.78, 5) is 12.5. The number of halogens is 4. The average Bonchev–Trinajstić information content (AvgIpc) is 3.24. The van der Waals surface area contributed by atoms with Gasteiger partial charge in [0.25, 0.3) is 10.0 Å². The minimum atomic E-state index is -4.47. The Bertz CT molecular complexity index is 943. The minimum absolute atomic E-state index is 0.0433. The third kappa shape index (κ3) is 4.29. The Morgan fingerprint density at radius 1 is 1.19 bits per heavy atom. The standard InChI is InChI=1S/C16H14ClF3N2O3S2/c17-13-7-8-14(26-13)27(24,25)22-9-1-2-12(22)15(23)21-11-5-3-10(4-6-11)16(18,19)20/h3-8,12H,1-2,9H2,(H,21,23)/t12-/m1/s1. The second kappa shape index (κ2) is 7.42. The van der Waals surface area contributed by atoms with E-state index in [1.807, 2.05) is 0 Å². The van der Waals surface area contributed by atoms with Gasteiger partial charge in [-0.2, -0.15) is 17.5 Å². The molecule has 1 fully saturated rings. The summed E-state index contributed by atoms with van der Waals surface area (Å²) in [6, 6.07) is 5.89. The van der Waals surface area contributed by atoms with Crippen molar-refractivity contribution in [1.82, 2.24) is 4.31 Å². The lowest BCUT2D eigenvalue weighted by Crippen LogP contribution is -2.42. The molecule has 1 aromatic carbocycles. The smallest absolute Gasteiger partial charge is 0.325 e. The largest absolute Gasteiger partial charge is 0.416 e. The van der Waals surface area contributed by atoms with Crippen molar-refractivity contribution in [3.63, 3.8) is 0 Å². The first-order valence-corrected chi connectivity index (χ1v) is 10.5. The summed E-state index contributed by atoms with van der Waals surface area (Å²) >= 11 is 6.70. The van der Waals surface area contributed by atoms with Crippen LogP contribution in [-0.2, 0) is 21.0 Å². The van der Waals surface area contributed by atoms with E-state index >= 15 is 0 Å². The van der Waals surface area contributed by atoms with Crippen molar-refractivity contribution in [2.24, 2.45) is 0 Å². The van der Waals surface area contributed by atoms with Crippen molar-refractivity contribution < 1.29 is 26.4 Å². The maximum Gasteiger partial charge on any atom is 0.416 e. The normalized spacial score (nSPS) is 18.6. The van der Waals surface area contributed by atoms with Crippen molar-refractivity contribution in [2.45, 2.75) is 29.3 Å². The first-order chi connectivity index (χ1) is 12.6. The number of benzene rings is 1. The van der Waals surface area contributed by atoms with Gasteiger partial charge in [-0.15, -0.1) is 11.3 Å². The zero-order valence-electron chi connectivity index (χ0n) is 13.7. The van der Waals surface area contributed by atoms with E-state index in [-0.39, 0.29) is 16.4 Å². The van der Waals surface area contributed by atoms with Crippen LogP contribution in [0.4, 0.5) is 18.9 Å². The SMILES string of the molecule is O=C(Nc1ccc(C(F)(F)F)cc1)[C@H]1CCCN1S(=O)(=O)c1ccc(Cl)s1. The van der Waals surface area contributed by atoms with Crippen LogP contribution in [0, 0.1) is 0 Å². The second-order valence-corrected chi connectivity index (χ2v) is 9.73. The van der Waals surface area contributed by atoms with Gasteiger partial charge in [0.2, 0.25) is 5.91 Å². The van der Waals surface area contributed by atoms with Crippen LogP contribution in [-0.4, -0.2) is 31.2 Å². The molecule has 0 aliphatic carbocycles. The third-order valence-electron chi connectivity index (χ3n) is 4.10. The zero-order valence-corrected chi connectivity index (χ0v) is 16.1. The molecule has 27 heavy (non-hydrogen) atoms. The first kappa shape index (κ1) is 20.1. The fraction of sp³-hybridized carbons (Fsp3) is 0.312. The van der Waals surface area contributed by atoms with Gasteiger partial charge in [-0.05, 0) is 49.2 Å². The van der Waals surface area contributed by atoms with Gasteiger partial charge in [-0.3, -0.25) is 4.79 Å². The molecule has 1 aromatic heterocycles. The molecule has 1 amide bonds. The molecular weight excluding hydrogens is 425 g/mol. The molecule has 11 heteroatoms. The number of hydrogen-bond donors (Lipinski definition) is 1. The molecule has 2 aromatic rings. The van der Waals surface area contributed by atoms with Gasteiger partial charge in [-0.1, -0.05) is 11.6 Å². The summed E-state index contributed by atoms with van der Waals surface area (Å²) in [5, 5.41) is 2.49. The van der Waals surface area contributed by atoms with Gasteiger partial charge >= 0.3 is 6.18 Å². The Hall–Kier alpha value is -1.62. The molecule has 1 N–H and O–H groups in total. The predicted octanol–water partition coefficient (Wildman–Crippen LogP) is 4.21. The number of amides is 1. The van der Waals surface area contributed by atoms with Gasteiger partial charge in [0.15, 0.2) is 0 Å². The number of nitrogens with zero attached hydrogens (tertiary/aromatic N) is 1. The van der Waals surface area contributed by atoms with Crippen molar-refractivity contribution >= 4 is 44.6 Å². The molecule has 0 saturated carbocycles. The molecule has 0 bridgehead atoms. The van der Waals surface area contributed by atoms with Crippen molar-refractivity contribution in [2.75, 3.05) is 11.9 Å². The Morgan fingerprint density at radius 3 is 2.41 bits per heavy atom. The van der Waals surface area contributed by atoms with Crippen LogP contribution < -0.4 is 5.32 Å². The highest BCUT2D eigenvalue weighted by molar-refractivity contribution is 7.91. The monoisotopic (exact) mass is 438 g/mol. The molecule has 0 radical (unpaired) electrons. The Morgan fingerprint density at radius 2 is 1.85 bits per heavy atom. The average molecular weight is 439 g/mol. The van der Waals surface area contributed by atoms with E-state index in [4.69, 9.17) is 11.6 Å². The molecule has 0 unspecified atom stereocenters. The van der Waals surface area contributed by atoms with Gasteiger partial charge in [-0.25, -0.2) is 8.42 Å². The number of thiophene rings is 1. The number of nitrogens with one attached hydrogen (secondary N) is 1. The van der Waals surface area contributed by atoms with Crippen LogP contribution in [0.2, 0.25) is 4.34 Å². The number of hydrogen-bond acceptors (Lipinski definition) is 4. The highest BCUT2D eigenvalue weighted by Crippen LogP contribution is 2.33. The quantitative estimate of drug-likeness (QED) is 0.777. The molecule has 3 rings (SSSR count). The molecule has 1 atom stereocenters.